The molecule has 0 amide bonds. The first-order chi connectivity index (χ1) is 23.8. The van der Waals surface area contributed by atoms with E-state index >= 15 is 0 Å². The topological polar surface area (TPSA) is 34.0 Å². The summed E-state index contributed by atoms with van der Waals surface area (Å²) in [6, 6.07) is 56.3. The van der Waals surface area contributed by atoms with Crippen molar-refractivity contribution in [3.05, 3.63) is 170 Å². The molecule has 1 aliphatic rings. The fourth-order valence-corrected chi connectivity index (χ4v) is 7.53. The van der Waals surface area contributed by atoms with Gasteiger partial charge >= 0.3 is 0 Å². The first kappa shape index (κ1) is 26.7. The van der Waals surface area contributed by atoms with Crippen LogP contribution in [0.4, 0.5) is 17.2 Å². The number of anilines is 3. The van der Waals surface area contributed by atoms with Gasteiger partial charge in [0, 0.05) is 34.1 Å². The molecule has 0 radical (unpaired) electrons. The van der Waals surface area contributed by atoms with E-state index in [-0.39, 0.29) is 0 Å². The second-order valence-corrected chi connectivity index (χ2v) is 12.3. The number of hydrogen-bond acceptors (Lipinski definition) is 3. The second-order valence-electron chi connectivity index (χ2n) is 12.3. The van der Waals surface area contributed by atoms with Crippen LogP contribution in [0.25, 0.3) is 71.8 Å². The first-order valence-electron chi connectivity index (χ1n) is 16.3. The fourth-order valence-electron chi connectivity index (χ4n) is 7.53. The zero-order valence-electron chi connectivity index (χ0n) is 26.0. The Morgan fingerprint density at radius 2 is 1.06 bits per heavy atom. The maximum Gasteiger partial charge on any atom is 0.137 e. The Balaban J connectivity index is 1.33. The Morgan fingerprint density at radius 1 is 0.375 bits per heavy atom. The van der Waals surface area contributed by atoms with Crippen molar-refractivity contribution in [2.75, 3.05) is 4.90 Å². The van der Waals surface area contributed by atoms with Crippen LogP contribution in [0.5, 0.6) is 0 Å². The molecule has 0 aliphatic carbocycles. The van der Waals surface area contributed by atoms with E-state index < -0.39 is 0 Å². The molecule has 0 fully saturated rings. The van der Waals surface area contributed by atoms with E-state index in [0.29, 0.717) is 0 Å². The van der Waals surface area contributed by atoms with Crippen LogP contribution in [0, 0.1) is 0 Å². The molecule has 0 saturated heterocycles. The van der Waals surface area contributed by atoms with Crippen LogP contribution < -0.4 is 4.90 Å². The Kier molecular flexibility index (Phi) is 5.84. The number of rotatable bonds is 4. The highest BCUT2D eigenvalue weighted by molar-refractivity contribution is 6.21. The normalized spacial score (nSPS) is 12.1. The zero-order valence-corrected chi connectivity index (χ0v) is 26.0. The number of hydrogen-bond donors (Lipinski definition) is 0. The summed E-state index contributed by atoms with van der Waals surface area (Å²) in [5.41, 5.74) is 11.7. The molecular weight excluding hydrogens is 585 g/mol. The van der Waals surface area contributed by atoms with E-state index in [1.165, 1.54) is 54.9 Å². The van der Waals surface area contributed by atoms with Gasteiger partial charge in [0.2, 0.25) is 0 Å². The van der Waals surface area contributed by atoms with Gasteiger partial charge in [-0.05, 0) is 87.8 Å². The minimum Gasteiger partial charge on any atom is -0.294 e. The maximum atomic E-state index is 4.90. The summed E-state index contributed by atoms with van der Waals surface area (Å²) in [5, 5.41) is 4.84. The van der Waals surface area contributed by atoms with E-state index in [2.05, 4.69) is 155 Å². The highest BCUT2D eigenvalue weighted by Crippen LogP contribution is 2.53. The molecule has 0 atom stereocenters. The van der Waals surface area contributed by atoms with Crippen molar-refractivity contribution >= 4 is 49.8 Å². The van der Waals surface area contributed by atoms with E-state index in [9.17, 15) is 0 Å². The van der Waals surface area contributed by atoms with Crippen molar-refractivity contribution in [2.45, 2.75) is 0 Å². The van der Waals surface area contributed by atoms with Gasteiger partial charge in [-0.1, -0.05) is 103 Å². The number of pyridine rings is 2. The molecular formula is C44H28N4. The van der Waals surface area contributed by atoms with Gasteiger partial charge in [0.15, 0.2) is 0 Å². The number of fused-ring (bicyclic) bond motifs is 5. The van der Waals surface area contributed by atoms with Crippen LogP contribution in [0.3, 0.4) is 0 Å². The summed E-state index contributed by atoms with van der Waals surface area (Å²) in [4.78, 5) is 12.1. The molecule has 3 aromatic heterocycles. The number of benzene rings is 6. The fraction of sp³-hybridized carbons (Fsp3) is 0. The molecule has 4 nitrogen and oxygen atoms in total. The summed E-state index contributed by atoms with van der Waals surface area (Å²) >= 11 is 0. The minimum absolute atomic E-state index is 0.883. The van der Waals surface area contributed by atoms with Gasteiger partial charge in [-0.2, -0.15) is 0 Å². The average molecular weight is 613 g/mol. The molecule has 10 rings (SSSR count). The largest absolute Gasteiger partial charge is 0.294 e. The summed E-state index contributed by atoms with van der Waals surface area (Å²) in [7, 11) is 0. The first-order valence-corrected chi connectivity index (χ1v) is 16.3. The zero-order chi connectivity index (χ0) is 31.6. The molecule has 0 bridgehead atoms. The molecule has 0 spiro atoms. The molecule has 9 aromatic rings. The molecule has 6 aromatic carbocycles. The van der Waals surface area contributed by atoms with Gasteiger partial charge in [0.25, 0.3) is 0 Å². The van der Waals surface area contributed by atoms with Gasteiger partial charge in [-0.3, -0.25) is 9.47 Å². The molecule has 224 valence electrons. The van der Waals surface area contributed by atoms with Gasteiger partial charge in [-0.15, -0.1) is 0 Å². The van der Waals surface area contributed by atoms with Gasteiger partial charge in [-0.25, -0.2) is 9.97 Å². The smallest absolute Gasteiger partial charge is 0.137 e. The van der Waals surface area contributed by atoms with Gasteiger partial charge in [0.1, 0.15) is 11.6 Å². The van der Waals surface area contributed by atoms with Crippen LogP contribution in [-0.4, -0.2) is 14.5 Å². The Bertz CT molecular complexity index is 2650. The van der Waals surface area contributed by atoms with Gasteiger partial charge < -0.3 is 0 Å². The lowest BCUT2D eigenvalue weighted by atomic mass is 9.87. The van der Waals surface area contributed by atoms with Crippen molar-refractivity contribution < 1.29 is 0 Å². The summed E-state index contributed by atoms with van der Waals surface area (Å²) < 4.78 is 2.30. The van der Waals surface area contributed by atoms with Crippen LogP contribution in [-0.2, 0) is 0 Å². The maximum absolute atomic E-state index is 4.90. The third kappa shape index (κ3) is 3.96. The lowest BCUT2D eigenvalue weighted by Crippen LogP contribution is -2.16. The molecule has 0 unspecified atom stereocenters. The van der Waals surface area contributed by atoms with E-state index in [1.807, 2.05) is 24.5 Å². The van der Waals surface area contributed by atoms with Crippen LogP contribution in [0.15, 0.2) is 170 Å². The molecule has 0 saturated carbocycles. The minimum atomic E-state index is 0.883. The van der Waals surface area contributed by atoms with Gasteiger partial charge in [0.05, 0.1) is 22.4 Å². The quantitative estimate of drug-likeness (QED) is 0.198. The SMILES string of the molecule is c1ccc(-c2ccc3c(c2)c2cc4c(cc2n3-c2ccccn2)N(c2ccccn2)c2cccc3c(-c5ccccc5)ccc-4c23)cc1. The Hall–Kier alpha value is -6.52. The highest BCUT2D eigenvalue weighted by atomic mass is 15.2. The predicted octanol–water partition coefficient (Wildman–Crippen LogP) is 11.5. The van der Waals surface area contributed by atoms with Crippen molar-refractivity contribution in [1.82, 2.24) is 14.5 Å². The second kappa shape index (κ2) is 10.5. The predicted molar refractivity (Wildman–Crippen MR) is 198 cm³/mol. The molecule has 4 heterocycles. The van der Waals surface area contributed by atoms with Crippen molar-refractivity contribution in [1.29, 1.82) is 0 Å². The monoisotopic (exact) mass is 612 g/mol. The highest BCUT2D eigenvalue weighted by Gasteiger charge is 2.29. The van der Waals surface area contributed by atoms with E-state index in [0.717, 1.165) is 34.0 Å². The molecule has 48 heavy (non-hydrogen) atoms. The Labute approximate surface area is 277 Å². The van der Waals surface area contributed by atoms with E-state index in [1.54, 1.807) is 0 Å². The van der Waals surface area contributed by atoms with Crippen LogP contribution in [0.1, 0.15) is 0 Å². The third-order valence-electron chi connectivity index (χ3n) is 9.62. The van der Waals surface area contributed by atoms with Crippen LogP contribution >= 0.6 is 0 Å². The molecule has 4 heteroatoms. The molecule has 1 aliphatic heterocycles. The lowest BCUT2D eigenvalue weighted by Gasteiger charge is -2.33. The summed E-state index contributed by atoms with van der Waals surface area (Å²) in [6.07, 6.45) is 3.74. The van der Waals surface area contributed by atoms with Crippen molar-refractivity contribution in [3.8, 4) is 39.2 Å². The van der Waals surface area contributed by atoms with Crippen molar-refractivity contribution in [3.63, 3.8) is 0 Å². The molecule has 0 N–H and O–H groups in total. The van der Waals surface area contributed by atoms with Crippen LogP contribution in [0.2, 0.25) is 0 Å². The number of nitrogens with zero attached hydrogens (tertiary/aromatic N) is 4. The van der Waals surface area contributed by atoms with E-state index in [4.69, 9.17) is 9.97 Å². The summed E-state index contributed by atoms with van der Waals surface area (Å²) in [6.45, 7) is 0. The Morgan fingerprint density at radius 3 is 1.81 bits per heavy atom. The third-order valence-corrected chi connectivity index (χ3v) is 9.62. The average Bonchev–Trinajstić information content (AvgIpc) is 3.48. The standard InChI is InChI=1S/C44H28N4/c1-3-12-29(13-4-1)31-20-23-38-35(26-31)37-27-36-34-22-21-32(30-14-5-2-6-15-30)33-16-11-17-39(44(33)34)48(43-19-8-10-25-46-43)40(36)28-41(37)47(38)42-18-7-9-24-45-42/h1-28H. The summed E-state index contributed by atoms with van der Waals surface area (Å²) in [5.74, 6) is 1.77. The lowest BCUT2D eigenvalue weighted by molar-refractivity contribution is 1.08. The number of aromatic nitrogens is 3. The van der Waals surface area contributed by atoms with Crippen molar-refractivity contribution in [2.24, 2.45) is 0 Å².